The quantitative estimate of drug-likeness (QED) is 0.745. The molecule has 0 aliphatic carbocycles. The molecule has 0 radical (unpaired) electrons. The van der Waals surface area contributed by atoms with Gasteiger partial charge in [-0.2, -0.15) is 5.10 Å². The Morgan fingerprint density at radius 3 is 2.53 bits per heavy atom. The summed E-state index contributed by atoms with van der Waals surface area (Å²) < 4.78 is 12.7. The van der Waals surface area contributed by atoms with Crippen LogP contribution in [0.15, 0.2) is 29.4 Å². The van der Waals surface area contributed by atoms with Gasteiger partial charge in [0.15, 0.2) is 11.6 Å². The summed E-state index contributed by atoms with van der Waals surface area (Å²) in [5.74, 6) is -1.04. The number of halogens is 1. The molecule has 0 spiro atoms. The predicted octanol–water partition coefficient (Wildman–Crippen LogP) is 0.430. The molecule has 1 aliphatic heterocycles. The minimum absolute atomic E-state index is 0.124. The zero-order valence-corrected chi connectivity index (χ0v) is 9.03. The molecule has 0 saturated carbocycles. The third-order valence-corrected chi connectivity index (χ3v) is 2.41. The summed E-state index contributed by atoms with van der Waals surface area (Å²) in [7, 11) is 0. The van der Waals surface area contributed by atoms with Gasteiger partial charge in [0.2, 0.25) is 0 Å². The molecule has 1 aromatic rings. The second-order valence-electron chi connectivity index (χ2n) is 3.61. The van der Waals surface area contributed by atoms with Crippen LogP contribution in [0.2, 0.25) is 0 Å². The summed E-state index contributed by atoms with van der Waals surface area (Å²) in [6, 6.07) is 4.31. The van der Waals surface area contributed by atoms with E-state index in [2.05, 4.69) is 16.1 Å². The average Bonchev–Trinajstić information content (AvgIpc) is 2.78. The first-order valence-electron chi connectivity index (χ1n) is 4.98. The van der Waals surface area contributed by atoms with Gasteiger partial charge in [0.1, 0.15) is 17.6 Å². The number of benzene rings is 1. The number of carbonyl (C=O) groups is 2. The van der Waals surface area contributed by atoms with Crippen molar-refractivity contribution in [2.75, 3.05) is 0 Å². The van der Waals surface area contributed by atoms with Crippen LogP contribution in [-0.2, 0) is 4.79 Å². The molecule has 1 atom stereocenters. The van der Waals surface area contributed by atoms with E-state index >= 15 is 0 Å². The molecule has 0 saturated heterocycles. The normalized spacial score (nSPS) is 18.5. The minimum atomic E-state index is -0.821. The number of nitrogens with zero attached hydrogens (tertiary/aromatic N) is 1. The molecule has 2 rings (SSSR count). The van der Waals surface area contributed by atoms with Crippen molar-refractivity contribution in [2.45, 2.75) is 13.0 Å². The van der Waals surface area contributed by atoms with E-state index in [-0.39, 0.29) is 17.3 Å². The van der Waals surface area contributed by atoms with E-state index in [0.29, 0.717) is 5.56 Å². The summed E-state index contributed by atoms with van der Waals surface area (Å²) in [4.78, 5) is 23.2. The van der Waals surface area contributed by atoms with Crippen LogP contribution in [0.4, 0.5) is 4.39 Å². The molecule has 0 amide bonds. The highest BCUT2D eigenvalue weighted by atomic mass is 19.1. The van der Waals surface area contributed by atoms with Crippen LogP contribution < -0.4 is 11.0 Å². The monoisotopic (exact) mass is 235 g/mol. The Hall–Kier alpha value is -2.08. The first-order chi connectivity index (χ1) is 8.09. The highest BCUT2D eigenvalue weighted by Crippen LogP contribution is 2.09. The molecule has 1 aliphatic rings. The van der Waals surface area contributed by atoms with E-state index in [9.17, 15) is 14.0 Å². The van der Waals surface area contributed by atoms with E-state index < -0.39 is 11.9 Å². The third-order valence-electron chi connectivity index (χ3n) is 2.41. The largest absolute Gasteiger partial charge is 0.293 e. The van der Waals surface area contributed by atoms with Crippen molar-refractivity contribution in [3.05, 3.63) is 35.6 Å². The number of rotatable bonds is 3. The summed E-state index contributed by atoms with van der Waals surface area (Å²) >= 11 is 0. The van der Waals surface area contributed by atoms with Crippen molar-refractivity contribution in [3.63, 3.8) is 0 Å². The van der Waals surface area contributed by atoms with Gasteiger partial charge in [-0.25, -0.2) is 15.4 Å². The van der Waals surface area contributed by atoms with Crippen LogP contribution >= 0.6 is 0 Å². The average molecular weight is 235 g/mol. The highest BCUT2D eigenvalue weighted by molar-refractivity contribution is 6.46. The first-order valence-corrected chi connectivity index (χ1v) is 4.98. The Morgan fingerprint density at radius 2 is 1.94 bits per heavy atom. The van der Waals surface area contributed by atoms with Crippen LogP contribution in [0, 0.1) is 5.82 Å². The van der Waals surface area contributed by atoms with Crippen molar-refractivity contribution in [3.8, 4) is 0 Å². The lowest BCUT2D eigenvalue weighted by molar-refractivity contribution is -0.111. The first kappa shape index (κ1) is 11.4. The predicted molar refractivity (Wildman–Crippen MR) is 58.9 cm³/mol. The van der Waals surface area contributed by atoms with Crippen LogP contribution in [0.25, 0.3) is 0 Å². The Balaban J connectivity index is 2.24. The Bertz CT molecular complexity index is 496. The van der Waals surface area contributed by atoms with Gasteiger partial charge >= 0.3 is 0 Å². The Labute approximate surface area is 96.7 Å². The Morgan fingerprint density at radius 1 is 1.29 bits per heavy atom. The molecule has 1 heterocycles. The van der Waals surface area contributed by atoms with Gasteiger partial charge < -0.3 is 0 Å². The van der Waals surface area contributed by atoms with E-state index in [4.69, 9.17) is 0 Å². The van der Waals surface area contributed by atoms with E-state index in [0.717, 1.165) is 0 Å². The van der Waals surface area contributed by atoms with Gasteiger partial charge in [-0.1, -0.05) is 0 Å². The van der Waals surface area contributed by atoms with E-state index in [1.54, 1.807) is 0 Å². The minimum Gasteiger partial charge on any atom is -0.293 e. The number of ketones is 2. The fourth-order valence-corrected chi connectivity index (χ4v) is 1.54. The van der Waals surface area contributed by atoms with Crippen molar-refractivity contribution in [1.82, 2.24) is 11.0 Å². The molecule has 5 nitrogen and oxygen atoms in total. The molecule has 0 fully saturated rings. The lowest BCUT2D eigenvalue weighted by Crippen LogP contribution is -2.43. The standard InChI is InChI=1S/C11H10FN3O2/c1-6(16)9-10(14-15-13-9)11(17)7-2-4-8(12)5-3-7/h2-5,10,14-15H,1H3. The van der Waals surface area contributed by atoms with E-state index in [1.165, 1.54) is 31.2 Å². The SMILES string of the molecule is CC(=O)C1=NNNC1C(=O)c1ccc(F)cc1. The van der Waals surface area contributed by atoms with Gasteiger partial charge in [0.05, 0.1) is 0 Å². The molecule has 1 aromatic carbocycles. The Kier molecular flexibility index (Phi) is 2.97. The van der Waals surface area contributed by atoms with Crippen LogP contribution in [-0.4, -0.2) is 23.3 Å². The fraction of sp³-hybridized carbons (Fsp3) is 0.182. The van der Waals surface area contributed by atoms with Crippen LogP contribution in [0.1, 0.15) is 17.3 Å². The second-order valence-corrected chi connectivity index (χ2v) is 3.61. The lowest BCUT2D eigenvalue weighted by Gasteiger charge is -2.09. The third kappa shape index (κ3) is 2.21. The molecule has 88 valence electrons. The molecule has 0 aromatic heterocycles. The zero-order valence-electron chi connectivity index (χ0n) is 9.03. The smallest absolute Gasteiger partial charge is 0.187 e. The highest BCUT2D eigenvalue weighted by Gasteiger charge is 2.31. The van der Waals surface area contributed by atoms with Gasteiger partial charge in [-0.3, -0.25) is 9.59 Å². The molecule has 2 N–H and O–H groups in total. The molecule has 6 heteroatoms. The summed E-state index contributed by atoms with van der Waals surface area (Å²) in [6.07, 6.45) is 0. The number of carbonyl (C=O) groups excluding carboxylic acids is 2. The van der Waals surface area contributed by atoms with Crippen LogP contribution in [0.5, 0.6) is 0 Å². The topological polar surface area (TPSA) is 70.6 Å². The fourth-order valence-electron chi connectivity index (χ4n) is 1.54. The number of hydrogen-bond donors (Lipinski definition) is 2. The second kappa shape index (κ2) is 4.42. The number of nitrogens with one attached hydrogen (secondary N) is 2. The maximum Gasteiger partial charge on any atom is 0.187 e. The zero-order chi connectivity index (χ0) is 12.4. The van der Waals surface area contributed by atoms with Gasteiger partial charge in [0, 0.05) is 12.5 Å². The van der Waals surface area contributed by atoms with Crippen molar-refractivity contribution in [2.24, 2.45) is 5.10 Å². The summed E-state index contributed by atoms with van der Waals surface area (Å²) in [5, 5.41) is 3.69. The van der Waals surface area contributed by atoms with Gasteiger partial charge in [-0.05, 0) is 24.3 Å². The van der Waals surface area contributed by atoms with Gasteiger partial charge in [0.25, 0.3) is 0 Å². The maximum absolute atomic E-state index is 12.7. The maximum atomic E-state index is 12.7. The number of hydrogen-bond acceptors (Lipinski definition) is 5. The van der Waals surface area contributed by atoms with Crippen LogP contribution in [0.3, 0.4) is 0 Å². The number of Topliss-reactive ketones (excluding diaryl/α,β-unsaturated/α-hetero) is 2. The number of hydrazine groups is 1. The van der Waals surface area contributed by atoms with Crippen molar-refractivity contribution < 1.29 is 14.0 Å². The molecular formula is C11H10FN3O2. The van der Waals surface area contributed by atoms with Gasteiger partial charge in [-0.15, -0.1) is 0 Å². The molecule has 17 heavy (non-hydrogen) atoms. The molecular weight excluding hydrogens is 225 g/mol. The van der Waals surface area contributed by atoms with E-state index in [1.807, 2.05) is 0 Å². The number of hydrazone groups is 1. The molecule has 0 bridgehead atoms. The van der Waals surface area contributed by atoms with Crippen molar-refractivity contribution in [1.29, 1.82) is 0 Å². The summed E-state index contributed by atoms with van der Waals surface area (Å²) in [6.45, 7) is 1.33. The van der Waals surface area contributed by atoms with Crippen molar-refractivity contribution >= 4 is 17.3 Å². The summed E-state index contributed by atoms with van der Waals surface area (Å²) in [5.41, 5.74) is 5.42. The lowest BCUT2D eigenvalue weighted by atomic mass is 9.99. The molecule has 1 unspecified atom stereocenters.